The first kappa shape index (κ1) is 16.1. The Morgan fingerprint density at radius 2 is 1.88 bits per heavy atom. The Bertz CT molecular complexity index is 1010. The van der Waals surface area contributed by atoms with Gasteiger partial charge in [0.15, 0.2) is 5.65 Å². The molecule has 0 saturated heterocycles. The van der Waals surface area contributed by atoms with Gasteiger partial charge in [0.2, 0.25) is 5.95 Å². The topological polar surface area (TPSA) is 73.5 Å². The van der Waals surface area contributed by atoms with Gasteiger partial charge < -0.3 is 5.32 Å². The van der Waals surface area contributed by atoms with E-state index < -0.39 is 13.0 Å². The van der Waals surface area contributed by atoms with Crippen molar-refractivity contribution in [2.45, 2.75) is 19.5 Å². The molecule has 4 aromatic rings. The highest BCUT2D eigenvalue weighted by molar-refractivity contribution is 5.75. The zero-order valence-electron chi connectivity index (χ0n) is 13.6. The van der Waals surface area contributed by atoms with Gasteiger partial charge in [-0.15, -0.1) is 0 Å². The molecule has 0 fully saturated rings. The Hall–Kier alpha value is -3.36. The molecule has 1 N–H and O–H groups in total. The molecule has 1 aromatic carbocycles. The molecule has 0 radical (unpaired) electrons. The number of nitrogens with one attached hydrogen (secondary N) is 1. The van der Waals surface area contributed by atoms with Gasteiger partial charge in [-0.05, 0) is 5.56 Å². The Balaban J connectivity index is 1.57. The molecule has 0 unspecified atom stereocenters. The number of rotatable bonds is 6. The quantitative estimate of drug-likeness (QED) is 0.575. The van der Waals surface area contributed by atoms with Crippen LogP contribution in [0.15, 0.2) is 55.1 Å². The van der Waals surface area contributed by atoms with E-state index in [1.165, 1.54) is 17.1 Å². The van der Waals surface area contributed by atoms with Crippen molar-refractivity contribution in [1.82, 2.24) is 29.5 Å². The van der Waals surface area contributed by atoms with Gasteiger partial charge >= 0.3 is 0 Å². The Morgan fingerprint density at radius 1 is 1.04 bits per heavy atom. The number of benzene rings is 1. The summed E-state index contributed by atoms with van der Waals surface area (Å²) >= 11 is 0. The fourth-order valence-corrected chi connectivity index (χ4v) is 2.60. The predicted octanol–water partition coefficient (Wildman–Crippen LogP) is 3.08. The van der Waals surface area contributed by atoms with Gasteiger partial charge in [0.25, 0.3) is 6.43 Å². The van der Waals surface area contributed by atoms with Crippen molar-refractivity contribution in [3.05, 3.63) is 60.7 Å². The largest absolute Gasteiger partial charge is 0.321 e. The normalized spacial score (nSPS) is 11.3. The van der Waals surface area contributed by atoms with Crippen molar-refractivity contribution in [2.24, 2.45) is 0 Å². The molecule has 0 bridgehead atoms. The van der Waals surface area contributed by atoms with Crippen LogP contribution in [0.25, 0.3) is 11.0 Å². The van der Waals surface area contributed by atoms with Crippen molar-refractivity contribution < 1.29 is 8.78 Å². The third-order valence-corrected chi connectivity index (χ3v) is 3.77. The molecule has 0 aliphatic carbocycles. The van der Waals surface area contributed by atoms with E-state index in [0.29, 0.717) is 23.8 Å². The van der Waals surface area contributed by atoms with E-state index >= 15 is 0 Å². The van der Waals surface area contributed by atoms with Crippen LogP contribution < -0.4 is 5.32 Å². The maximum Gasteiger partial charge on any atom is 0.257 e. The molecular weight excluding hydrogens is 340 g/mol. The molecule has 0 aliphatic rings. The van der Waals surface area contributed by atoms with Crippen molar-refractivity contribution in [3.63, 3.8) is 0 Å². The van der Waals surface area contributed by atoms with Crippen molar-refractivity contribution in [2.75, 3.05) is 5.32 Å². The van der Waals surface area contributed by atoms with Crippen LogP contribution in [0.3, 0.4) is 0 Å². The molecule has 7 nitrogen and oxygen atoms in total. The van der Waals surface area contributed by atoms with Crippen LogP contribution in [0, 0.1) is 0 Å². The molecule has 0 spiro atoms. The van der Waals surface area contributed by atoms with Crippen molar-refractivity contribution in [3.8, 4) is 0 Å². The van der Waals surface area contributed by atoms with Crippen molar-refractivity contribution in [1.29, 1.82) is 0 Å². The van der Waals surface area contributed by atoms with Crippen LogP contribution in [0.2, 0.25) is 0 Å². The second kappa shape index (κ2) is 6.87. The summed E-state index contributed by atoms with van der Waals surface area (Å²) in [5.74, 6) is 0.351. The van der Waals surface area contributed by atoms with E-state index in [0.717, 1.165) is 10.9 Å². The number of aromatic nitrogens is 6. The third kappa shape index (κ3) is 3.51. The van der Waals surface area contributed by atoms with Crippen molar-refractivity contribution >= 4 is 22.7 Å². The lowest BCUT2D eigenvalue weighted by molar-refractivity contribution is 0.122. The molecule has 0 amide bonds. The van der Waals surface area contributed by atoms with E-state index in [-0.39, 0.29) is 0 Å². The first-order chi connectivity index (χ1) is 12.7. The molecule has 3 heterocycles. The maximum atomic E-state index is 12.4. The lowest BCUT2D eigenvalue weighted by atomic mass is 10.2. The van der Waals surface area contributed by atoms with Crippen LogP contribution in [0.4, 0.5) is 20.4 Å². The molecule has 9 heteroatoms. The minimum absolute atomic E-state index is 0.351. The fraction of sp³-hybridized carbons (Fsp3) is 0.176. The number of nitrogens with zero attached hydrogens (tertiary/aromatic N) is 6. The Morgan fingerprint density at radius 3 is 2.69 bits per heavy atom. The fourth-order valence-electron chi connectivity index (χ4n) is 2.60. The second-order valence-corrected chi connectivity index (χ2v) is 5.73. The first-order valence-corrected chi connectivity index (χ1v) is 7.97. The van der Waals surface area contributed by atoms with Gasteiger partial charge in [-0.1, -0.05) is 30.3 Å². The summed E-state index contributed by atoms with van der Waals surface area (Å²) in [5.41, 5.74) is 2.34. The second-order valence-electron chi connectivity index (χ2n) is 5.73. The third-order valence-electron chi connectivity index (χ3n) is 3.77. The number of hydrogen-bond donors (Lipinski definition) is 1. The molecular formula is C17H15F2N7. The molecule has 26 heavy (non-hydrogen) atoms. The Kier molecular flexibility index (Phi) is 4.26. The zero-order valence-corrected chi connectivity index (χ0v) is 13.6. The summed E-state index contributed by atoms with van der Waals surface area (Å²) in [7, 11) is 0. The highest BCUT2D eigenvalue weighted by atomic mass is 19.3. The SMILES string of the molecule is FC(F)Cn1cc(Nc2ncc3cnn(Cc4ccccc4)c3n2)cn1. The predicted molar refractivity (Wildman–Crippen MR) is 92.4 cm³/mol. The molecule has 0 aliphatic heterocycles. The Labute approximate surface area is 147 Å². The lowest BCUT2D eigenvalue weighted by Gasteiger charge is -2.05. The monoisotopic (exact) mass is 355 g/mol. The summed E-state index contributed by atoms with van der Waals surface area (Å²) in [5, 5.41) is 12.0. The van der Waals surface area contributed by atoms with E-state index in [2.05, 4.69) is 25.5 Å². The van der Waals surface area contributed by atoms with E-state index in [1.807, 2.05) is 30.3 Å². The number of halogens is 2. The maximum absolute atomic E-state index is 12.4. The average Bonchev–Trinajstić information content (AvgIpc) is 3.22. The summed E-state index contributed by atoms with van der Waals surface area (Å²) in [6.07, 6.45) is 3.87. The number of hydrogen-bond acceptors (Lipinski definition) is 5. The van der Waals surface area contributed by atoms with Gasteiger partial charge in [-0.3, -0.25) is 4.68 Å². The van der Waals surface area contributed by atoms with Crippen LogP contribution >= 0.6 is 0 Å². The van der Waals surface area contributed by atoms with Crippen LogP contribution in [0.5, 0.6) is 0 Å². The highest BCUT2D eigenvalue weighted by Gasteiger charge is 2.09. The highest BCUT2D eigenvalue weighted by Crippen LogP contribution is 2.17. The number of anilines is 2. The molecule has 4 rings (SSSR count). The van der Waals surface area contributed by atoms with Crippen LogP contribution in [-0.4, -0.2) is 36.0 Å². The van der Waals surface area contributed by atoms with Gasteiger partial charge in [0.05, 0.1) is 30.0 Å². The summed E-state index contributed by atoms with van der Waals surface area (Å²) in [4.78, 5) is 8.72. The van der Waals surface area contributed by atoms with E-state index in [4.69, 9.17) is 0 Å². The molecule has 0 atom stereocenters. The minimum atomic E-state index is -2.46. The average molecular weight is 355 g/mol. The minimum Gasteiger partial charge on any atom is -0.321 e. The molecule has 132 valence electrons. The summed E-state index contributed by atoms with van der Waals surface area (Å²) in [6, 6.07) is 9.94. The van der Waals surface area contributed by atoms with Crippen LogP contribution in [0.1, 0.15) is 5.56 Å². The number of fused-ring (bicyclic) bond motifs is 1. The van der Waals surface area contributed by atoms with E-state index in [1.54, 1.807) is 17.1 Å². The lowest BCUT2D eigenvalue weighted by Crippen LogP contribution is -2.06. The summed E-state index contributed by atoms with van der Waals surface area (Å²) in [6.45, 7) is 0.137. The van der Waals surface area contributed by atoms with Crippen LogP contribution in [-0.2, 0) is 13.1 Å². The number of alkyl halides is 2. The standard InChI is InChI=1S/C17H15F2N7/c18-15(19)11-25-10-14(8-21-25)23-17-20-6-13-7-22-26(16(13)24-17)9-12-4-2-1-3-5-12/h1-8,10,15H,9,11H2,(H,20,23,24). The van der Waals surface area contributed by atoms with Gasteiger partial charge in [-0.2, -0.15) is 15.2 Å². The molecule has 0 saturated carbocycles. The summed E-state index contributed by atoms with van der Waals surface area (Å²) < 4.78 is 27.8. The molecule has 3 aromatic heterocycles. The van der Waals surface area contributed by atoms with Gasteiger partial charge in [0.1, 0.15) is 6.54 Å². The van der Waals surface area contributed by atoms with E-state index in [9.17, 15) is 8.78 Å². The zero-order chi connectivity index (χ0) is 17.9. The van der Waals surface area contributed by atoms with Gasteiger partial charge in [0, 0.05) is 12.4 Å². The smallest absolute Gasteiger partial charge is 0.257 e. The first-order valence-electron chi connectivity index (χ1n) is 7.97. The van der Waals surface area contributed by atoms with Gasteiger partial charge in [-0.25, -0.2) is 18.4 Å².